The fraction of sp³-hybridized carbons (Fsp3) is 0.304. The van der Waals surface area contributed by atoms with Crippen molar-refractivity contribution in [2.75, 3.05) is 18.3 Å². The average Bonchev–Trinajstić information content (AvgIpc) is 2.67. The van der Waals surface area contributed by atoms with Crippen molar-refractivity contribution >= 4 is 34.7 Å². The highest BCUT2D eigenvalue weighted by Gasteiger charge is 2.28. The van der Waals surface area contributed by atoms with E-state index >= 15 is 0 Å². The highest BCUT2D eigenvalue weighted by molar-refractivity contribution is 6.19. The van der Waals surface area contributed by atoms with Gasteiger partial charge in [-0.1, -0.05) is 18.2 Å². The van der Waals surface area contributed by atoms with E-state index in [9.17, 15) is 9.59 Å². The van der Waals surface area contributed by atoms with Crippen molar-refractivity contribution in [2.45, 2.75) is 32.2 Å². The van der Waals surface area contributed by atoms with E-state index in [1.54, 1.807) is 37.5 Å². The number of carbonyl (C=O) groups excluding carboxylic acids is 2. The molecule has 1 amide bonds. The molecule has 0 unspecified atom stereocenters. The molecule has 152 valence electrons. The van der Waals surface area contributed by atoms with Crippen LogP contribution in [0.1, 0.15) is 41.8 Å². The summed E-state index contributed by atoms with van der Waals surface area (Å²) in [6.07, 6.45) is 2.68. The first kappa shape index (κ1) is 20.9. The summed E-state index contributed by atoms with van der Waals surface area (Å²) in [6, 6.07) is 12.8. The van der Waals surface area contributed by atoms with Gasteiger partial charge in [-0.3, -0.25) is 9.59 Å². The zero-order valence-electron chi connectivity index (χ0n) is 16.8. The number of nitrogens with one attached hydrogen (secondary N) is 2. The van der Waals surface area contributed by atoms with Gasteiger partial charge in [-0.2, -0.15) is 0 Å². The third kappa shape index (κ3) is 5.18. The molecule has 0 fully saturated rings. The van der Waals surface area contributed by atoms with Crippen LogP contribution in [-0.2, 0) is 11.2 Å². The van der Waals surface area contributed by atoms with Gasteiger partial charge in [-0.25, -0.2) is 0 Å². The average molecular weight is 413 g/mol. The molecule has 5 nitrogen and oxygen atoms in total. The Hall–Kier alpha value is -2.79. The fourth-order valence-electron chi connectivity index (χ4n) is 3.43. The van der Waals surface area contributed by atoms with Crippen LogP contribution in [0.15, 0.2) is 48.5 Å². The minimum Gasteiger partial charge on any atom is -0.497 e. The lowest BCUT2D eigenvalue weighted by molar-refractivity contribution is -0.115. The van der Waals surface area contributed by atoms with E-state index < -0.39 is 0 Å². The Labute approximate surface area is 176 Å². The molecule has 1 aliphatic heterocycles. The van der Waals surface area contributed by atoms with E-state index in [1.165, 1.54) is 0 Å². The first-order chi connectivity index (χ1) is 13.8. The van der Waals surface area contributed by atoms with Crippen LogP contribution in [0.5, 0.6) is 5.75 Å². The number of fused-ring (bicyclic) bond motifs is 1. The van der Waals surface area contributed by atoms with Gasteiger partial charge in [0.05, 0.1) is 7.11 Å². The number of ether oxygens (including phenoxy) is 1. The first-order valence-electron chi connectivity index (χ1n) is 9.49. The van der Waals surface area contributed by atoms with Gasteiger partial charge in [0.1, 0.15) is 5.75 Å². The van der Waals surface area contributed by atoms with E-state index in [2.05, 4.69) is 24.5 Å². The molecule has 6 heteroatoms. The van der Waals surface area contributed by atoms with Gasteiger partial charge in [0.25, 0.3) is 0 Å². The minimum atomic E-state index is -0.181. The zero-order chi connectivity index (χ0) is 21.0. The van der Waals surface area contributed by atoms with Crippen LogP contribution < -0.4 is 15.4 Å². The van der Waals surface area contributed by atoms with Gasteiger partial charge in [-0.05, 0) is 50.1 Å². The molecule has 0 saturated carbocycles. The van der Waals surface area contributed by atoms with Gasteiger partial charge < -0.3 is 15.4 Å². The van der Waals surface area contributed by atoms with Crippen LogP contribution in [0.2, 0.25) is 0 Å². The van der Waals surface area contributed by atoms with E-state index in [1.807, 2.05) is 18.2 Å². The molecular weight excluding hydrogens is 388 g/mol. The van der Waals surface area contributed by atoms with Crippen LogP contribution in [-0.4, -0.2) is 30.2 Å². The number of alkyl halides is 1. The molecule has 2 N–H and O–H groups in total. The predicted octanol–water partition coefficient (Wildman–Crippen LogP) is 4.41. The van der Waals surface area contributed by atoms with Crippen LogP contribution in [0.3, 0.4) is 0 Å². The van der Waals surface area contributed by atoms with Crippen LogP contribution in [0, 0.1) is 0 Å². The van der Waals surface area contributed by atoms with Crippen molar-refractivity contribution in [3.63, 3.8) is 0 Å². The van der Waals surface area contributed by atoms with Crippen LogP contribution >= 0.6 is 11.6 Å². The van der Waals surface area contributed by atoms with Gasteiger partial charge in [0.2, 0.25) is 5.91 Å². The largest absolute Gasteiger partial charge is 0.497 e. The Morgan fingerprint density at radius 3 is 2.76 bits per heavy atom. The first-order valence-corrected chi connectivity index (χ1v) is 10.0. The number of anilines is 1. The lowest BCUT2D eigenvalue weighted by Gasteiger charge is -2.35. The van der Waals surface area contributed by atoms with E-state index in [0.29, 0.717) is 11.3 Å². The Kier molecular flexibility index (Phi) is 6.28. The maximum Gasteiger partial charge on any atom is 0.225 e. The summed E-state index contributed by atoms with van der Waals surface area (Å²) in [6.45, 7) is 4.21. The maximum absolute atomic E-state index is 13.0. The summed E-state index contributed by atoms with van der Waals surface area (Å²) in [5, 5.41) is 6.22. The normalized spacial score (nSPS) is 15.9. The second kappa shape index (κ2) is 8.70. The summed E-state index contributed by atoms with van der Waals surface area (Å²) in [5.41, 5.74) is 3.78. The molecule has 0 bridgehead atoms. The topological polar surface area (TPSA) is 67.4 Å². The summed E-state index contributed by atoms with van der Waals surface area (Å²) in [4.78, 5) is 24.7. The second-order valence-electron chi connectivity index (χ2n) is 7.70. The number of methoxy groups -OCH3 is 1. The van der Waals surface area contributed by atoms with Crippen LogP contribution in [0.25, 0.3) is 5.70 Å². The van der Waals surface area contributed by atoms with Crippen molar-refractivity contribution < 1.29 is 14.3 Å². The molecule has 2 aromatic carbocycles. The Morgan fingerprint density at radius 2 is 2.03 bits per heavy atom. The molecule has 0 saturated heterocycles. The number of halogens is 1. The van der Waals surface area contributed by atoms with Crippen molar-refractivity contribution in [3.8, 4) is 5.75 Å². The summed E-state index contributed by atoms with van der Waals surface area (Å²) < 4.78 is 5.35. The SMILES string of the molecule is COc1ccc2c(c1)/C(=C/C(=O)c1cccc(NC(=O)CCCl)c1)NC(C)(C)C2. The number of benzene rings is 2. The Morgan fingerprint density at radius 1 is 1.24 bits per heavy atom. The predicted molar refractivity (Wildman–Crippen MR) is 117 cm³/mol. The molecule has 29 heavy (non-hydrogen) atoms. The molecule has 3 rings (SSSR count). The molecule has 0 spiro atoms. The van der Waals surface area contributed by atoms with E-state index in [4.69, 9.17) is 16.3 Å². The fourth-order valence-corrected chi connectivity index (χ4v) is 3.60. The number of allylic oxidation sites excluding steroid dienone is 1. The minimum absolute atomic E-state index is 0.146. The quantitative estimate of drug-likeness (QED) is 0.419. The van der Waals surface area contributed by atoms with E-state index in [0.717, 1.165) is 29.0 Å². The monoisotopic (exact) mass is 412 g/mol. The van der Waals surface area contributed by atoms with Gasteiger partial charge in [0.15, 0.2) is 5.78 Å². The van der Waals surface area contributed by atoms with Crippen molar-refractivity contribution in [1.29, 1.82) is 0 Å². The molecule has 1 heterocycles. The smallest absolute Gasteiger partial charge is 0.225 e. The molecule has 0 aliphatic carbocycles. The summed E-state index contributed by atoms with van der Waals surface area (Å²) in [7, 11) is 1.63. The Bertz CT molecular complexity index is 966. The van der Waals surface area contributed by atoms with Crippen molar-refractivity contribution in [2.24, 2.45) is 0 Å². The van der Waals surface area contributed by atoms with Crippen LogP contribution in [0.4, 0.5) is 5.69 Å². The molecule has 2 aromatic rings. The Balaban J connectivity index is 1.92. The summed E-state index contributed by atoms with van der Waals surface area (Å²) >= 11 is 5.60. The highest BCUT2D eigenvalue weighted by Crippen LogP contribution is 2.32. The number of rotatable bonds is 6. The van der Waals surface area contributed by atoms with E-state index in [-0.39, 0.29) is 29.5 Å². The second-order valence-corrected chi connectivity index (χ2v) is 8.08. The number of amides is 1. The van der Waals surface area contributed by atoms with Gasteiger partial charge >= 0.3 is 0 Å². The maximum atomic E-state index is 13.0. The van der Waals surface area contributed by atoms with Crippen molar-refractivity contribution in [3.05, 3.63) is 65.2 Å². The molecular formula is C23H25ClN2O3. The van der Waals surface area contributed by atoms with Gasteiger partial charge in [0, 0.05) is 46.4 Å². The lowest BCUT2D eigenvalue weighted by atomic mass is 9.85. The standard InChI is InChI=1S/C23H25ClN2O3/c1-23(2)14-16-7-8-18(29-3)12-19(16)20(26-23)13-21(27)15-5-4-6-17(11-15)25-22(28)9-10-24/h4-8,11-13,26H,9-10,14H2,1-3H3,(H,25,28)/b20-13-. The number of carbonyl (C=O) groups is 2. The number of ketones is 1. The summed E-state index contributed by atoms with van der Waals surface area (Å²) in [5.74, 6) is 0.667. The highest BCUT2D eigenvalue weighted by atomic mass is 35.5. The van der Waals surface area contributed by atoms with Gasteiger partial charge in [-0.15, -0.1) is 11.6 Å². The molecule has 0 atom stereocenters. The number of hydrogen-bond acceptors (Lipinski definition) is 4. The van der Waals surface area contributed by atoms with Crippen molar-refractivity contribution in [1.82, 2.24) is 5.32 Å². The molecule has 1 aliphatic rings. The number of hydrogen-bond donors (Lipinski definition) is 2. The lowest BCUT2D eigenvalue weighted by Crippen LogP contribution is -2.43. The zero-order valence-corrected chi connectivity index (χ0v) is 17.6. The third-order valence-electron chi connectivity index (χ3n) is 4.74. The third-order valence-corrected chi connectivity index (χ3v) is 4.93. The molecule has 0 radical (unpaired) electrons. The molecule has 0 aromatic heterocycles.